The van der Waals surface area contributed by atoms with Crippen molar-refractivity contribution >= 4 is 0 Å². The first-order chi connectivity index (χ1) is 5.55. The number of aliphatic hydroxyl groups excluding tert-OH is 1. The third-order valence-electron chi connectivity index (χ3n) is 2.71. The van der Waals surface area contributed by atoms with E-state index in [1.807, 2.05) is 34.6 Å². The van der Waals surface area contributed by atoms with E-state index in [4.69, 9.17) is 11.5 Å². The first-order valence-corrected chi connectivity index (χ1v) is 4.81. The zero-order chi connectivity index (χ0) is 10.9. The molecule has 0 spiro atoms. The van der Waals surface area contributed by atoms with Crippen LogP contribution >= 0.6 is 0 Å². The summed E-state index contributed by atoms with van der Waals surface area (Å²) in [5, 5.41) is 9.74. The van der Waals surface area contributed by atoms with E-state index in [1.165, 1.54) is 0 Å². The summed E-state index contributed by atoms with van der Waals surface area (Å²) in [7, 11) is 0. The first kappa shape index (κ1) is 16.3. The average Bonchev–Trinajstić information content (AvgIpc) is 1.82. The highest BCUT2D eigenvalue weighted by Crippen LogP contribution is 2.22. The van der Waals surface area contributed by atoms with Crippen LogP contribution in [-0.2, 0) is 0 Å². The molecule has 0 radical (unpaired) electrons. The fraction of sp³-hybridized carbons (Fsp3) is 1.00. The molecule has 0 aromatic heterocycles. The van der Waals surface area contributed by atoms with Crippen molar-refractivity contribution in [2.75, 3.05) is 0 Å². The summed E-state index contributed by atoms with van der Waals surface area (Å²) in [6.07, 6.45) is 0.151. The first-order valence-electron chi connectivity index (χ1n) is 4.81. The molecule has 0 saturated carbocycles. The van der Waals surface area contributed by atoms with Crippen LogP contribution in [0.25, 0.3) is 0 Å². The fourth-order valence-corrected chi connectivity index (χ4v) is 0.942. The summed E-state index contributed by atoms with van der Waals surface area (Å²) in [5.74, 6) is 0.255. The third-order valence-corrected chi connectivity index (χ3v) is 2.71. The van der Waals surface area contributed by atoms with E-state index in [0.717, 1.165) is 0 Å². The summed E-state index contributed by atoms with van der Waals surface area (Å²) in [4.78, 5) is 0. The summed E-state index contributed by atoms with van der Waals surface area (Å²) in [5.41, 5.74) is 10.9. The molecular weight excluding hydrogens is 176 g/mol. The van der Waals surface area contributed by atoms with Gasteiger partial charge in [0.05, 0.1) is 6.10 Å². The predicted octanol–water partition coefficient (Wildman–Crippen LogP) is 1.48. The van der Waals surface area contributed by atoms with Gasteiger partial charge in [-0.3, -0.25) is 0 Å². The molecule has 0 bridgehead atoms. The molecule has 0 aliphatic heterocycles. The van der Waals surface area contributed by atoms with Crippen LogP contribution < -0.4 is 11.5 Å². The zero-order valence-corrected chi connectivity index (χ0v) is 9.46. The lowest BCUT2D eigenvalue weighted by Crippen LogP contribution is -2.49. The quantitative estimate of drug-likeness (QED) is 0.649. The van der Waals surface area contributed by atoms with E-state index in [0.29, 0.717) is 6.42 Å². The highest BCUT2D eigenvalue weighted by molar-refractivity contribution is 4.88. The van der Waals surface area contributed by atoms with Crippen LogP contribution in [0.3, 0.4) is 0 Å². The van der Waals surface area contributed by atoms with Crippen LogP contribution in [0.2, 0.25) is 0 Å². The van der Waals surface area contributed by atoms with Gasteiger partial charge >= 0.3 is 0 Å². The van der Waals surface area contributed by atoms with Gasteiger partial charge in [0.25, 0.3) is 0 Å². The van der Waals surface area contributed by atoms with Gasteiger partial charge in [0.2, 0.25) is 0 Å². The Bertz CT molecular complexity index is 138. The Morgan fingerprint density at radius 1 is 1.07 bits per heavy atom. The van der Waals surface area contributed by atoms with Gasteiger partial charge in [-0.2, -0.15) is 0 Å². The van der Waals surface area contributed by atoms with Gasteiger partial charge in [-0.05, 0) is 40.0 Å². The van der Waals surface area contributed by atoms with Crippen LogP contribution in [0.5, 0.6) is 0 Å². The molecule has 0 aliphatic carbocycles. The van der Waals surface area contributed by atoms with Crippen molar-refractivity contribution < 1.29 is 5.11 Å². The molecule has 0 saturated heterocycles. The van der Waals surface area contributed by atoms with E-state index < -0.39 is 11.6 Å². The van der Waals surface area contributed by atoms with Crippen molar-refractivity contribution in [3.63, 3.8) is 0 Å². The molecule has 0 aromatic carbocycles. The standard InChI is InChI=1S/C10H24N2O.CH4/c1-7(9(2,3)11)6-8(13)10(4,5)12;/h7-8,13H,6,11-12H2,1-5H3;1H4. The van der Waals surface area contributed by atoms with Crippen LogP contribution in [-0.4, -0.2) is 22.3 Å². The minimum Gasteiger partial charge on any atom is -0.391 e. The maximum Gasteiger partial charge on any atom is 0.0717 e. The molecule has 2 atom stereocenters. The van der Waals surface area contributed by atoms with Crippen molar-refractivity contribution in [2.24, 2.45) is 17.4 Å². The van der Waals surface area contributed by atoms with Crippen LogP contribution in [0.1, 0.15) is 48.5 Å². The Morgan fingerprint density at radius 3 is 1.64 bits per heavy atom. The summed E-state index contributed by atoms with van der Waals surface area (Å²) in [6.45, 7) is 9.62. The molecule has 0 fully saturated rings. The monoisotopic (exact) mass is 204 g/mol. The minimum absolute atomic E-state index is 0. The van der Waals surface area contributed by atoms with Gasteiger partial charge in [0.15, 0.2) is 0 Å². The lowest BCUT2D eigenvalue weighted by Gasteiger charge is -2.33. The molecule has 0 amide bonds. The topological polar surface area (TPSA) is 72.3 Å². The van der Waals surface area contributed by atoms with Gasteiger partial charge in [0, 0.05) is 11.1 Å². The van der Waals surface area contributed by atoms with Crippen molar-refractivity contribution in [2.45, 2.75) is 65.6 Å². The maximum absolute atomic E-state index is 9.74. The Morgan fingerprint density at radius 2 is 1.43 bits per heavy atom. The van der Waals surface area contributed by atoms with E-state index >= 15 is 0 Å². The summed E-state index contributed by atoms with van der Waals surface area (Å²) < 4.78 is 0. The number of rotatable bonds is 4. The molecule has 0 aromatic rings. The smallest absolute Gasteiger partial charge is 0.0717 e. The van der Waals surface area contributed by atoms with Crippen LogP contribution in [0.4, 0.5) is 0 Å². The molecule has 3 nitrogen and oxygen atoms in total. The molecular formula is C11H28N2O. The van der Waals surface area contributed by atoms with E-state index in [2.05, 4.69) is 0 Å². The third kappa shape index (κ3) is 5.58. The Balaban J connectivity index is 0. The van der Waals surface area contributed by atoms with E-state index in [1.54, 1.807) is 0 Å². The Kier molecular flexibility index (Phi) is 5.94. The van der Waals surface area contributed by atoms with Gasteiger partial charge in [-0.1, -0.05) is 14.4 Å². The van der Waals surface area contributed by atoms with Crippen LogP contribution in [0, 0.1) is 5.92 Å². The van der Waals surface area contributed by atoms with Crippen LogP contribution in [0.15, 0.2) is 0 Å². The molecule has 88 valence electrons. The summed E-state index contributed by atoms with van der Waals surface area (Å²) >= 11 is 0. The second kappa shape index (κ2) is 5.10. The van der Waals surface area contributed by atoms with Crippen molar-refractivity contribution in [3.05, 3.63) is 0 Å². The zero-order valence-electron chi connectivity index (χ0n) is 9.46. The SMILES string of the molecule is C.CC(CC(O)C(C)(C)N)C(C)(C)N. The van der Waals surface area contributed by atoms with Gasteiger partial charge in [-0.15, -0.1) is 0 Å². The fourth-order valence-electron chi connectivity index (χ4n) is 0.942. The van der Waals surface area contributed by atoms with Crippen molar-refractivity contribution in [1.82, 2.24) is 0 Å². The van der Waals surface area contributed by atoms with Crippen molar-refractivity contribution in [3.8, 4) is 0 Å². The number of hydrogen-bond donors (Lipinski definition) is 3. The molecule has 3 heteroatoms. The second-order valence-corrected chi connectivity index (χ2v) is 5.30. The van der Waals surface area contributed by atoms with E-state index in [-0.39, 0.29) is 18.9 Å². The molecule has 2 unspecified atom stereocenters. The minimum atomic E-state index is -0.542. The summed E-state index contributed by atoms with van der Waals surface area (Å²) in [6, 6.07) is 0. The largest absolute Gasteiger partial charge is 0.391 e. The Hall–Kier alpha value is -0.120. The predicted molar refractivity (Wildman–Crippen MR) is 63.1 cm³/mol. The van der Waals surface area contributed by atoms with E-state index in [9.17, 15) is 5.11 Å². The molecule has 0 heterocycles. The Labute approximate surface area is 88.9 Å². The highest BCUT2D eigenvalue weighted by Gasteiger charge is 2.29. The molecule has 0 aliphatic rings. The lowest BCUT2D eigenvalue weighted by atomic mass is 9.82. The normalized spacial score (nSPS) is 17.1. The number of aliphatic hydroxyl groups is 1. The lowest BCUT2D eigenvalue weighted by molar-refractivity contribution is 0.0694. The number of hydrogen-bond acceptors (Lipinski definition) is 3. The second-order valence-electron chi connectivity index (χ2n) is 5.30. The highest BCUT2D eigenvalue weighted by atomic mass is 16.3. The van der Waals surface area contributed by atoms with Gasteiger partial charge in [0.1, 0.15) is 0 Å². The molecule has 0 rings (SSSR count). The average molecular weight is 204 g/mol. The van der Waals surface area contributed by atoms with Gasteiger partial charge < -0.3 is 16.6 Å². The van der Waals surface area contributed by atoms with Crippen molar-refractivity contribution in [1.29, 1.82) is 0 Å². The number of nitrogens with two attached hydrogens (primary N) is 2. The van der Waals surface area contributed by atoms with Gasteiger partial charge in [-0.25, -0.2) is 0 Å². The molecule has 5 N–H and O–H groups in total. The molecule has 14 heavy (non-hydrogen) atoms. The maximum atomic E-state index is 9.74.